The van der Waals surface area contributed by atoms with E-state index in [1.165, 1.54) is 4.90 Å². The number of likely N-dealkylation sites (tertiary alicyclic amines) is 1. The van der Waals surface area contributed by atoms with E-state index in [1.807, 2.05) is 60.7 Å². The molecule has 1 aliphatic heterocycles. The number of benzene rings is 2. The molecule has 0 aliphatic carbocycles. The van der Waals surface area contributed by atoms with Gasteiger partial charge in [-0.15, -0.1) is 0 Å². The van der Waals surface area contributed by atoms with Crippen LogP contribution in [0.1, 0.15) is 24.0 Å². The van der Waals surface area contributed by atoms with Crippen LogP contribution in [0.2, 0.25) is 0 Å². The Bertz CT molecular complexity index is 750. The van der Waals surface area contributed by atoms with Crippen molar-refractivity contribution in [3.05, 3.63) is 71.8 Å². The van der Waals surface area contributed by atoms with Gasteiger partial charge < -0.3 is 14.6 Å². The number of carbonyl (C=O) groups excluding carboxylic acids is 2. The smallest absolute Gasteiger partial charge is 0.410 e. The maximum absolute atomic E-state index is 12.5. The Morgan fingerprint density at radius 3 is 2.04 bits per heavy atom. The Morgan fingerprint density at radius 2 is 1.44 bits per heavy atom. The molecule has 1 amide bonds. The fourth-order valence-corrected chi connectivity index (χ4v) is 3.03. The molecule has 6 nitrogen and oxygen atoms in total. The molecule has 0 bridgehead atoms. The van der Waals surface area contributed by atoms with Crippen molar-refractivity contribution in [2.45, 2.75) is 38.2 Å². The van der Waals surface area contributed by atoms with Crippen LogP contribution in [0.15, 0.2) is 60.7 Å². The second-order valence-corrected chi connectivity index (χ2v) is 6.53. The van der Waals surface area contributed by atoms with E-state index in [1.54, 1.807) is 0 Å². The first-order valence-electron chi connectivity index (χ1n) is 8.99. The molecule has 2 aromatic carbocycles. The van der Waals surface area contributed by atoms with Crippen molar-refractivity contribution in [1.82, 2.24) is 4.90 Å². The van der Waals surface area contributed by atoms with E-state index < -0.39 is 24.2 Å². The van der Waals surface area contributed by atoms with Gasteiger partial charge in [-0.3, -0.25) is 4.90 Å². The van der Waals surface area contributed by atoms with Crippen LogP contribution in [0.5, 0.6) is 0 Å². The second-order valence-electron chi connectivity index (χ2n) is 6.53. The lowest BCUT2D eigenvalue weighted by Crippen LogP contribution is -2.52. The molecule has 0 saturated carbocycles. The molecule has 27 heavy (non-hydrogen) atoms. The maximum atomic E-state index is 12.5. The first kappa shape index (κ1) is 18.9. The van der Waals surface area contributed by atoms with Gasteiger partial charge in [-0.25, -0.2) is 9.59 Å². The van der Waals surface area contributed by atoms with Crippen molar-refractivity contribution in [3.8, 4) is 0 Å². The highest BCUT2D eigenvalue weighted by Gasteiger charge is 2.37. The van der Waals surface area contributed by atoms with E-state index in [2.05, 4.69) is 0 Å². The molecule has 0 spiro atoms. The number of hydrogen-bond acceptors (Lipinski definition) is 5. The minimum atomic E-state index is -0.750. The van der Waals surface area contributed by atoms with E-state index in [-0.39, 0.29) is 19.8 Å². The van der Waals surface area contributed by atoms with Crippen LogP contribution in [0.3, 0.4) is 0 Å². The maximum Gasteiger partial charge on any atom is 0.410 e. The number of nitrogens with zero attached hydrogens (tertiary/aromatic N) is 1. The summed E-state index contributed by atoms with van der Waals surface area (Å²) in [4.78, 5) is 26.3. The number of β-amino-alcohol motifs (C(OH)–C–C–N with tert-alkyl or cyclic N) is 1. The molecule has 0 radical (unpaired) electrons. The van der Waals surface area contributed by atoms with Gasteiger partial charge in [-0.05, 0) is 24.0 Å². The third-order valence-electron chi connectivity index (χ3n) is 4.49. The number of esters is 1. The Labute approximate surface area is 158 Å². The number of ether oxygens (including phenoxy) is 2. The van der Waals surface area contributed by atoms with Crippen molar-refractivity contribution in [2.24, 2.45) is 0 Å². The predicted octanol–water partition coefficient (Wildman–Crippen LogP) is 2.89. The lowest BCUT2D eigenvalue weighted by Gasteiger charge is -2.35. The lowest BCUT2D eigenvalue weighted by atomic mass is 10.0. The van der Waals surface area contributed by atoms with Gasteiger partial charge in [-0.2, -0.15) is 0 Å². The number of aliphatic hydroxyl groups excluding tert-OH is 1. The van der Waals surface area contributed by atoms with Crippen LogP contribution in [0.4, 0.5) is 4.79 Å². The van der Waals surface area contributed by atoms with E-state index in [4.69, 9.17) is 9.47 Å². The minimum Gasteiger partial charge on any atom is -0.459 e. The topological polar surface area (TPSA) is 76.1 Å². The van der Waals surface area contributed by atoms with Crippen molar-refractivity contribution in [2.75, 3.05) is 6.54 Å². The van der Waals surface area contributed by atoms with Crippen LogP contribution in [-0.4, -0.2) is 40.8 Å². The Balaban J connectivity index is 1.59. The summed E-state index contributed by atoms with van der Waals surface area (Å²) >= 11 is 0. The normalized spacial score (nSPS) is 19.4. The van der Waals surface area contributed by atoms with Crippen LogP contribution in [0.25, 0.3) is 0 Å². The summed E-state index contributed by atoms with van der Waals surface area (Å²) in [7, 11) is 0. The average Bonchev–Trinajstić information content (AvgIpc) is 2.71. The Hall–Kier alpha value is -2.86. The standard InChI is InChI=1S/C21H23NO5/c23-18-11-12-19(20(24)26-14-16-7-3-1-4-8-16)22(13-18)21(25)27-15-17-9-5-2-6-10-17/h1-10,18-19,23H,11-15H2. The molecule has 1 aliphatic rings. The van der Waals surface area contributed by atoms with Gasteiger partial charge in [0.05, 0.1) is 12.6 Å². The number of hydrogen-bond donors (Lipinski definition) is 1. The summed E-state index contributed by atoms with van der Waals surface area (Å²) < 4.78 is 10.7. The van der Waals surface area contributed by atoms with Crippen LogP contribution in [-0.2, 0) is 27.5 Å². The fourth-order valence-electron chi connectivity index (χ4n) is 3.03. The van der Waals surface area contributed by atoms with Crippen molar-refractivity contribution in [3.63, 3.8) is 0 Å². The van der Waals surface area contributed by atoms with E-state index >= 15 is 0 Å². The molecule has 2 unspecified atom stereocenters. The third-order valence-corrected chi connectivity index (χ3v) is 4.49. The molecule has 1 fully saturated rings. The summed E-state index contributed by atoms with van der Waals surface area (Å²) in [5, 5.41) is 9.92. The summed E-state index contributed by atoms with van der Waals surface area (Å²) in [6, 6.07) is 17.9. The van der Waals surface area contributed by atoms with Gasteiger partial charge in [0.25, 0.3) is 0 Å². The lowest BCUT2D eigenvalue weighted by molar-refractivity contribution is -0.153. The van der Waals surface area contributed by atoms with Gasteiger partial charge >= 0.3 is 12.1 Å². The highest BCUT2D eigenvalue weighted by molar-refractivity contribution is 5.81. The Morgan fingerprint density at radius 1 is 0.889 bits per heavy atom. The van der Waals surface area contributed by atoms with Gasteiger partial charge in [0.15, 0.2) is 0 Å². The molecule has 1 saturated heterocycles. The van der Waals surface area contributed by atoms with Crippen molar-refractivity contribution >= 4 is 12.1 Å². The van der Waals surface area contributed by atoms with E-state index in [0.717, 1.165) is 11.1 Å². The number of carbonyl (C=O) groups is 2. The Kier molecular flexibility index (Phi) is 6.44. The summed E-state index contributed by atoms with van der Waals surface area (Å²) in [6.07, 6.45) is -0.519. The second kappa shape index (κ2) is 9.19. The van der Waals surface area contributed by atoms with Crippen LogP contribution in [0, 0.1) is 0 Å². The summed E-state index contributed by atoms with van der Waals surface area (Å²) in [6.45, 7) is 0.308. The van der Waals surface area contributed by atoms with E-state index in [0.29, 0.717) is 12.8 Å². The molecule has 2 aromatic rings. The summed E-state index contributed by atoms with van der Waals surface area (Å²) in [5.41, 5.74) is 1.73. The highest BCUT2D eigenvalue weighted by Crippen LogP contribution is 2.21. The first-order chi connectivity index (χ1) is 13.1. The zero-order chi connectivity index (χ0) is 19.1. The molecular formula is C21H23NO5. The molecule has 1 heterocycles. The van der Waals surface area contributed by atoms with Gasteiger partial charge in [-0.1, -0.05) is 60.7 Å². The molecular weight excluding hydrogens is 346 g/mol. The average molecular weight is 369 g/mol. The number of piperidine rings is 1. The number of amides is 1. The molecule has 6 heteroatoms. The van der Waals surface area contributed by atoms with Crippen LogP contribution >= 0.6 is 0 Å². The largest absolute Gasteiger partial charge is 0.459 e. The van der Waals surface area contributed by atoms with Gasteiger partial charge in [0.1, 0.15) is 19.3 Å². The zero-order valence-electron chi connectivity index (χ0n) is 15.0. The molecule has 2 atom stereocenters. The fraction of sp³-hybridized carbons (Fsp3) is 0.333. The third kappa shape index (κ3) is 5.31. The summed E-state index contributed by atoms with van der Waals surface area (Å²) in [5.74, 6) is -0.484. The number of rotatable bonds is 5. The first-order valence-corrected chi connectivity index (χ1v) is 8.99. The van der Waals surface area contributed by atoms with Gasteiger partial charge in [0, 0.05) is 0 Å². The SMILES string of the molecule is O=C(OCc1ccccc1)C1CCC(O)CN1C(=O)OCc1ccccc1. The quantitative estimate of drug-likeness (QED) is 0.820. The predicted molar refractivity (Wildman–Crippen MR) is 98.6 cm³/mol. The van der Waals surface area contributed by atoms with Crippen LogP contribution < -0.4 is 0 Å². The molecule has 0 aromatic heterocycles. The molecule has 142 valence electrons. The monoisotopic (exact) mass is 369 g/mol. The molecule has 3 rings (SSSR count). The minimum absolute atomic E-state index is 0.0543. The zero-order valence-corrected chi connectivity index (χ0v) is 15.0. The highest BCUT2D eigenvalue weighted by atomic mass is 16.6. The molecule has 1 N–H and O–H groups in total. The van der Waals surface area contributed by atoms with Gasteiger partial charge in [0.2, 0.25) is 0 Å². The number of aliphatic hydroxyl groups is 1. The van der Waals surface area contributed by atoms with Crippen molar-refractivity contribution in [1.29, 1.82) is 0 Å². The van der Waals surface area contributed by atoms with Crippen molar-refractivity contribution < 1.29 is 24.2 Å². The van der Waals surface area contributed by atoms with E-state index in [9.17, 15) is 14.7 Å².